The Balaban J connectivity index is 1.99. The van der Waals surface area contributed by atoms with Crippen LogP contribution >= 0.6 is 0 Å². The lowest BCUT2D eigenvalue weighted by Crippen LogP contribution is -2.66. The minimum atomic E-state index is 0.463. The largest absolute Gasteiger partial charge is 0.308 e. The standard InChI is InChI=1S/C17H34N2/c1-4-6-10-15(3)19-14-17(11-8-7-9-12-17)18-13-16(19)5-2/h15-16,18H,4-14H2,1-3H3. The Morgan fingerprint density at radius 1 is 1.21 bits per heavy atom. The summed E-state index contributed by atoms with van der Waals surface area (Å²) in [4.78, 5) is 2.84. The van der Waals surface area contributed by atoms with Gasteiger partial charge in [-0.1, -0.05) is 46.0 Å². The maximum atomic E-state index is 3.93. The van der Waals surface area contributed by atoms with Gasteiger partial charge in [-0.3, -0.25) is 4.90 Å². The molecule has 1 saturated heterocycles. The molecule has 2 unspecified atom stereocenters. The van der Waals surface area contributed by atoms with E-state index in [1.165, 1.54) is 70.9 Å². The number of unbranched alkanes of at least 4 members (excludes halogenated alkanes) is 1. The second-order valence-corrected chi connectivity index (χ2v) is 6.95. The molecule has 0 radical (unpaired) electrons. The highest BCUT2D eigenvalue weighted by Gasteiger charge is 2.40. The maximum Gasteiger partial charge on any atom is 0.0309 e. The Kier molecular flexibility index (Phi) is 5.70. The van der Waals surface area contributed by atoms with E-state index in [1.807, 2.05) is 0 Å². The highest BCUT2D eigenvalue weighted by Crippen LogP contribution is 2.33. The molecule has 2 heteroatoms. The van der Waals surface area contributed by atoms with E-state index in [2.05, 4.69) is 31.0 Å². The van der Waals surface area contributed by atoms with Gasteiger partial charge in [0.2, 0.25) is 0 Å². The first kappa shape index (κ1) is 15.3. The molecule has 1 spiro atoms. The number of nitrogens with zero attached hydrogens (tertiary/aromatic N) is 1. The van der Waals surface area contributed by atoms with Crippen LogP contribution in [0.2, 0.25) is 0 Å². The van der Waals surface area contributed by atoms with Crippen molar-refractivity contribution in [1.82, 2.24) is 10.2 Å². The third-order valence-corrected chi connectivity index (χ3v) is 5.49. The lowest BCUT2D eigenvalue weighted by molar-refractivity contribution is 0.0245. The average Bonchev–Trinajstić information content (AvgIpc) is 2.45. The molecule has 0 aromatic carbocycles. The van der Waals surface area contributed by atoms with Crippen LogP contribution in [0.3, 0.4) is 0 Å². The van der Waals surface area contributed by atoms with Gasteiger partial charge >= 0.3 is 0 Å². The first-order valence-corrected chi connectivity index (χ1v) is 8.71. The SMILES string of the molecule is CCCCC(C)N1CC2(CCCCC2)NCC1CC. The number of hydrogen-bond acceptors (Lipinski definition) is 2. The smallest absolute Gasteiger partial charge is 0.0309 e. The van der Waals surface area contributed by atoms with E-state index in [0.717, 1.165) is 12.1 Å². The first-order valence-electron chi connectivity index (χ1n) is 8.71. The maximum absolute atomic E-state index is 3.93. The second kappa shape index (κ2) is 7.08. The molecule has 0 bridgehead atoms. The third-order valence-electron chi connectivity index (χ3n) is 5.49. The van der Waals surface area contributed by atoms with Crippen molar-refractivity contribution in [2.75, 3.05) is 13.1 Å². The van der Waals surface area contributed by atoms with Gasteiger partial charge in [0.1, 0.15) is 0 Å². The van der Waals surface area contributed by atoms with Crippen molar-refractivity contribution in [3.8, 4) is 0 Å². The van der Waals surface area contributed by atoms with Crippen molar-refractivity contribution < 1.29 is 0 Å². The highest BCUT2D eigenvalue weighted by molar-refractivity contribution is 5.00. The number of rotatable bonds is 5. The zero-order valence-corrected chi connectivity index (χ0v) is 13.4. The van der Waals surface area contributed by atoms with Gasteiger partial charge < -0.3 is 5.32 Å². The Morgan fingerprint density at radius 3 is 2.58 bits per heavy atom. The quantitative estimate of drug-likeness (QED) is 0.810. The van der Waals surface area contributed by atoms with E-state index in [0.29, 0.717) is 5.54 Å². The van der Waals surface area contributed by atoms with Gasteiger partial charge in [0, 0.05) is 30.7 Å². The summed E-state index contributed by atoms with van der Waals surface area (Å²) in [5.41, 5.74) is 0.463. The molecule has 1 heterocycles. The Labute approximate surface area is 120 Å². The minimum Gasteiger partial charge on any atom is -0.308 e. The van der Waals surface area contributed by atoms with Crippen molar-refractivity contribution >= 4 is 0 Å². The Hall–Kier alpha value is -0.0800. The molecule has 1 saturated carbocycles. The van der Waals surface area contributed by atoms with Gasteiger partial charge in [0.05, 0.1) is 0 Å². The fourth-order valence-electron chi connectivity index (χ4n) is 4.11. The van der Waals surface area contributed by atoms with Gasteiger partial charge in [0.15, 0.2) is 0 Å². The van der Waals surface area contributed by atoms with E-state index in [4.69, 9.17) is 0 Å². The zero-order chi connectivity index (χ0) is 13.7. The van der Waals surface area contributed by atoms with E-state index >= 15 is 0 Å². The van der Waals surface area contributed by atoms with Crippen LogP contribution < -0.4 is 5.32 Å². The summed E-state index contributed by atoms with van der Waals surface area (Å²) < 4.78 is 0. The molecule has 2 atom stereocenters. The van der Waals surface area contributed by atoms with Gasteiger partial charge in [-0.05, 0) is 32.6 Å². The van der Waals surface area contributed by atoms with Gasteiger partial charge in [-0.15, -0.1) is 0 Å². The predicted octanol–water partition coefficient (Wildman–Crippen LogP) is 3.95. The number of nitrogens with one attached hydrogen (secondary N) is 1. The van der Waals surface area contributed by atoms with Crippen LogP contribution in [0.15, 0.2) is 0 Å². The Bertz CT molecular complexity index is 258. The fourth-order valence-corrected chi connectivity index (χ4v) is 4.11. The molecule has 2 fully saturated rings. The summed E-state index contributed by atoms with van der Waals surface area (Å²) >= 11 is 0. The molecule has 0 aromatic heterocycles. The summed E-state index contributed by atoms with van der Waals surface area (Å²) in [6.45, 7) is 9.64. The molecule has 2 rings (SSSR count). The van der Waals surface area contributed by atoms with Gasteiger partial charge in [0.25, 0.3) is 0 Å². The molecule has 1 aliphatic carbocycles. The van der Waals surface area contributed by atoms with Crippen LogP contribution in [0.4, 0.5) is 0 Å². The van der Waals surface area contributed by atoms with Gasteiger partial charge in [-0.2, -0.15) is 0 Å². The Morgan fingerprint density at radius 2 is 1.95 bits per heavy atom. The minimum absolute atomic E-state index is 0.463. The normalized spacial score (nSPS) is 29.5. The van der Waals surface area contributed by atoms with Crippen LogP contribution in [0, 0.1) is 0 Å². The summed E-state index contributed by atoms with van der Waals surface area (Å²) in [5, 5.41) is 3.93. The summed E-state index contributed by atoms with van der Waals surface area (Å²) in [7, 11) is 0. The highest BCUT2D eigenvalue weighted by atomic mass is 15.3. The topological polar surface area (TPSA) is 15.3 Å². The molecule has 2 aliphatic rings. The molecule has 1 N–H and O–H groups in total. The first-order chi connectivity index (χ1) is 9.21. The number of piperazine rings is 1. The summed E-state index contributed by atoms with van der Waals surface area (Å²) in [5.74, 6) is 0. The van der Waals surface area contributed by atoms with Crippen molar-refractivity contribution in [1.29, 1.82) is 0 Å². The van der Waals surface area contributed by atoms with Crippen LogP contribution in [-0.2, 0) is 0 Å². The van der Waals surface area contributed by atoms with Crippen LogP contribution in [-0.4, -0.2) is 35.6 Å². The molecule has 112 valence electrons. The van der Waals surface area contributed by atoms with Crippen molar-refractivity contribution in [3.63, 3.8) is 0 Å². The van der Waals surface area contributed by atoms with Crippen LogP contribution in [0.1, 0.15) is 78.6 Å². The number of hydrogen-bond donors (Lipinski definition) is 1. The van der Waals surface area contributed by atoms with Crippen molar-refractivity contribution in [3.05, 3.63) is 0 Å². The predicted molar refractivity (Wildman–Crippen MR) is 83.6 cm³/mol. The van der Waals surface area contributed by atoms with Crippen molar-refractivity contribution in [2.45, 2.75) is 96.2 Å². The van der Waals surface area contributed by atoms with Gasteiger partial charge in [-0.25, -0.2) is 0 Å². The molecule has 0 amide bonds. The summed E-state index contributed by atoms with van der Waals surface area (Å²) in [6, 6.07) is 1.53. The van der Waals surface area contributed by atoms with E-state index in [1.54, 1.807) is 0 Å². The fraction of sp³-hybridized carbons (Fsp3) is 1.00. The summed E-state index contributed by atoms with van der Waals surface area (Å²) in [6.07, 6.45) is 12.5. The molecular weight excluding hydrogens is 232 g/mol. The molecule has 2 nitrogen and oxygen atoms in total. The average molecular weight is 266 g/mol. The van der Waals surface area contributed by atoms with Crippen LogP contribution in [0.5, 0.6) is 0 Å². The van der Waals surface area contributed by atoms with Crippen LogP contribution in [0.25, 0.3) is 0 Å². The molecule has 0 aromatic rings. The van der Waals surface area contributed by atoms with E-state index < -0.39 is 0 Å². The lowest BCUT2D eigenvalue weighted by atomic mass is 9.78. The third kappa shape index (κ3) is 3.72. The van der Waals surface area contributed by atoms with E-state index in [9.17, 15) is 0 Å². The molecular formula is C17H34N2. The lowest BCUT2D eigenvalue weighted by Gasteiger charge is -2.51. The molecule has 19 heavy (non-hydrogen) atoms. The zero-order valence-electron chi connectivity index (χ0n) is 13.4. The molecule has 1 aliphatic heterocycles. The van der Waals surface area contributed by atoms with Crippen molar-refractivity contribution in [2.24, 2.45) is 0 Å². The second-order valence-electron chi connectivity index (χ2n) is 6.95. The monoisotopic (exact) mass is 266 g/mol. The van der Waals surface area contributed by atoms with E-state index in [-0.39, 0.29) is 0 Å².